The zero-order chi connectivity index (χ0) is 12.8. The van der Waals surface area contributed by atoms with E-state index in [-0.39, 0.29) is 22.8 Å². The normalized spacial score (nSPS) is 9.53. The van der Waals surface area contributed by atoms with Crippen LogP contribution in [0.25, 0.3) is 0 Å². The summed E-state index contributed by atoms with van der Waals surface area (Å²) >= 11 is 5.86. The van der Waals surface area contributed by atoms with Crippen LogP contribution in [-0.4, -0.2) is 19.2 Å². The Hall–Kier alpha value is -1.73. The van der Waals surface area contributed by atoms with Gasteiger partial charge in [-0.3, -0.25) is 0 Å². The molecule has 1 rings (SSSR count). The number of hydrogen-bond donors (Lipinski definition) is 0. The van der Waals surface area contributed by atoms with Gasteiger partial charge in [-0.1, -0.05) is 11.6 Å². The maximum atomic E-state index is 11.7. The lowest BCUT2D eigenvalue weighted by Crippen LogP contribution is -2.08. The van der Waals surface area contributed by atoms with Crippen molar-refractivity contribution in [3.8, 4) is 11.8 Å². The van der Waals surface area contributed by atoms with Crippen LogP contribution in [0.1, 0.15) is 29.8 Å². The topological polar surface area (TPSA) is 59.3 Å². The zero-order valence-corrected chi connectivity index (χ0v) is 10.4. The first-order valence-electron chi connectivity index (χ1n) is 5.17. The van der Waals surface area contributed by atoms with E-state index in [0.29, 0.717) is 12.4 Å². The van der Waals surface area contributed by atoms with Gasteiger partial charge in [0.05, 0.1) is 23.8 Å². The van der Waals surface area contributed by atoms with E-state index < -0.39 is 5.97 Å². The molecule has 90 valence electrons. The minimum atomic E-state index is -0.524. The second kappa shape index (κ2) is 6.12. The third-order valence-corrected chi connectivity index (χ3v) is 2.30. The van der Waals surface area contributed by atoms with E-state index in [0.717, 1.165) is 0 Å². The van der Waals surface area contributed by atoms with Gasteiger partial charge in [0, 0.05) is 6.07 Å². The summed E-state index contributed by atoms with van der Waals surface area (Å²) in [5.74, 6) is -0.195. The van der Waals surface area contributed by atoms with Gasteiger partial charge in [0.1, 0.15) is 17.4 Å². The lowest BCUT2D eigenvalue weighted by Gasteiger charge is -2.10. The molecule has 0 spiro atoms. The monoisotopic (exact) mass is 253 g/mol. The van der Waals surface area contributed by atoms with Crippen LogP contribution in [-0.2, 0) is 4.74 Å². The van der Waals surface area contributed by atoms with Gasteiger partial charge in [-0.15, -0.1) is 0 Å². The first-order chi connectivity index (χ1) is 8.13. The molecule has 0 heterocycles. The third-order valence-electron chi connectivity index (χ3n) is 1.98. The van der Waals surface area contributed by atoms with Gasteiger partial charge in [-0.2, -0.15) is 5.26 Å². The van der Waals surface area contributed by atoms with Gasteiger partial charge in [-0.25, -0.2) is 4.79 Å². The quantitative estimate of drug-likeness (QED) is 0.774. The summed E-state index contributed by atoms with van der Waals surface area (Å²) in [6.07, 6.45) is 0. The number of benzene rings is 1. The summed E-state index contributed by atoms with van der Waals surface area (Å²) in [5.41, 5.74) is 0.438. The van der Waals surface area contributed by atoms with Crippen LogP contribution in [0.15, 0.2) is 12.1 Å². The van der Waals surface area contributed by atoms with Crippen molar-refractivity contribution in [2.75, 3.05) is 13.2 Å². The van der Waals surface area contributed by atoms with Crippen molar-refractivity contribution in [3.05, 3.63) is 28.3 Å². The highest BCUT2D eigenvalue weighted by atomic mass is 35.5. The number of ether oxygens (including phenoxy) is 2. The molecule has 0 saturated heterocycles. The molecule has 0 unspecified atom stereocenters. The Labute approximate surface area is 105 Å². The van der Waals surface area contributed by atoms with E-state index in [1.807, 2.05) is 6.07 Å². The van der Waals surface area contributed by atoms with E-state index in [1.54, 1.807) is 13.8 Å². The minimum absolute atomic E-state index is 0.217. The molecule has 0 radical (unpaired) electrons. The molecule has 0 bridgehead atoms. The molecule has 5 heteroatoms. The number of rotatable bonds is 4. The predicted molar refractivity (Wildman–Crippen MR) is 63.3 cm³/mol. The number of carbonyl (C=O) groups excluding carboxylic acids is 1. The van der Waals surface area contributed by atoms with E-state index in [2.05, 4.69) is 0 Å². The van der Waals surface area contributed by atoms with Crippen molar-refractivity contribution in [1.29, 1.82) is 5.26 Å². The fraction of sp³-hybridized carbons (Fsp3) is 0.333. The van der Waals surface area contributed by atoms with Crippen LogP contribution >= 0.6 is 11.6 Å². The van der Waals surface area contributed by atoms with Crippen LogP contribution < -0.4 is 4.74 Å². The van der Waals surface area contributed by atoms with Gasteiger partial charge < -0.3 is 9.47 Å². The summed E-state index contributed by atoms with van der Waals surface area (Å²) in [6.45, 7) is 4.16. The number of hydrogen-bond acceptors (Lipinski definition) is 4. The van der Waals surface area contributed by atoms with Crippen molar-refractivity contribution >= 4 is 17.6 Å². The summed E-state index contributed by atoms with van der Waals surface area (Å²) in [5, 5.41) is 9.10. The Kier molecular flexibility index (Phi) is 4.80. The molecule has 0 aliphatic carbocycles. The Balaban J connectivity index is 3.24. The van der Waals surface area contributed by atoms with E-state index in [1.165, 1.54) is 12.1 Å². The molecule has 0 aromatic heterocycles. The minimum Gasteiger partial charge on any atom is -0.493 e. The lowest BCUT2D eigenvalue weighted by molar-refractivity contribution is 0.0522. The second-order valence-corrected chi connectivity index (χ2v) is 3.50. The molecule has 17 heavy (non-hydrogen) atoms. The molecule has 0 atom stereocenters. The Morgan fingerprint density at radius 2 is 2.12 bits per heavy atom. The largest absolute Gasteiger partial charge is 0.493 e. The highest BCUT2D eigenvalue weighted by Gasteiger charge is 2.17. The standard InChI is InChI=1S/C12H12ClNO3/c1-3-16-11-6-10(13)8(7-14)5-9(11)12(15)17-4-2/h5-6H,3-4H2,1-2H3. The molecule has 0 N–H and O–H groups in total. The third kappa shape index (κ3) is 3.11. The van der Waals surface area contributed by atoms with Crippen molar-refractivity contribution < 1.29 is 14.3 Å². The first kappa shape index (κ1) is 13.3. The van der Waals surface area contributed by atoms with Crippen molar-refractivity contribution in [2.24, 2.45) is 0 Å². The van der Waals surface area contributed by atoms with Crippen LogP contribution in [0.2, 0.25) is 5.02 Å². The van der Waals surface area contributed by atoms with Crippen LogP contribution in [0.3, 0.4) is 0 Å². The van der Waals surface area contributed by atoms with Crippen LogP contribution in [0.4, 0.5) is 0 Å². The smallest absolute Gasteiger partial charge is 0.341 e. The van der Waals surface area contributed by atoms with Gasteiger partial charge in [-0.05, 0) is 19.9 Å². The Bertz CT molecular complexity index is 466. The highest BCUT2D eigenvalue weighted by molar-refractivity contribution is 6.32. The van der Waals surface area contributed by atoms with E-state index in [4.69, 9.17) is 26.3 Å². The van der Waals surface area contributed by atoms with Crippen LogP contribution in [0.5, 0.6) is 5.75 Å². The van der Waals surface area contributed by atoms with Gasteiger partial charge in [0.15, 0.2) is 0 Å². The van der Waals surface area contributed by atoms with Crippen LogP contribution in [0, 0.1) is 11.3 Å². The molecular formula is C12H12ClNO3. The Morgan fingerprint density at radius 3 is 2.65 bits per heavy atom. The van der Waals surface area contributed by atoms with Gasteiger partial charge >= 0.3 is 5.97 Å². The molecule has 0 amide bonds. The van der Waals surface area contributed by atoms with Gasteiger partial charge in [0.2, 0.25) is 0 Å². The number of halogens is 1. The predicted octanol–water partition coefficient (Wildman–Crippen LogP) is 2.79. The average molecular weight is 254 g/mol. The molecule has 0 fully saturated rings. The number of carbonyl (C=O) groups is 1. The highest BCUT2D eigenvalue weighted by Crippen LogP contribution is 2.27. The maximum absolute atomic E-state index is 11.7. The lowest BCUT2D eigenvalue weighted by atomic mass is 10.1. The molecular weight excluding hydrogens is 242 g/mol. The Morgan fingerprint density at radius 1 is 1.41 bits per heavy atom. The summed E-state index contributed by atoms with van der Waals surface area (Å²) in [7, 11) is 0. The molecule has 0 saturated carbocycles. The molecule has 1 aromatic rings. The molecule has 4 nitrogen and oxygen atoms in total. The van der Waals surface area contributed by atoms with E-state index >= 15 is 0 Å². The second-order valence-electron chi connectivity index (χ2n) is 3.09. The fourth-order valence-electron chi connectivity index (χ4n) is 1.28. The van der Waals surface area contributed by atoms with Crippen molar-refractivity contribution in [1.82, 2.24) is 0 Å². The molecule has 1 aromatic carbocycles. The molecule has 0 aliphatic heterocycles. The number of nitrogens with zero attached hydrogens (tertiary/aromatic N) is 1. The fourth-order valence-corrected chi connectivity index (χ4v) is 1.48. The number of nitriles is 1. The van der Waals surface area contributed by atoms with Crippen molar-refractivity contribution in [3.63, 3.8) is 0 Å². The SMILES string of the molecule is CCOC(=O)c1cc(C#N)c(Cl)cc1OCC. The molecule has 0 aliphatic rings. The first-order valence-corrected chi connectivity index (χ1v) is 5.55. The average Bonchev–Trinajstić information content (AvgIpc) is 2.30. The summed E-state index contributed by atoms with van der Waals surface area (Å²) < 4.78 is 10.2. The maximum Gasteiger partial charge on any atom is 0.341 e. The summed E-state index contributed by atoms with van der Waals surface area (Å²) in [4.78, 5) is 11.7. The van der Waals surface area contributed by atoms with Crippen molar-refractivity contribution in [2.45, 2.75) is 13.8 Å². The zero-order valence-electron chi connectivity index (χ0n) is 9.62. The number of esters is 1. The van der Waals surface area contributed by atoms with Gasteiger partial charge in [0.25, 0.3) is 0 Å². The summed E-state index contributed by atoms with van der Waals surface area (Å²) in [6, 6.07) is 4.74. The van der Waals surface area contributed by atoms with E-state index in [9.17, 15) is 4.79 Å².